The molecule has 3 amide bonds. The second kappa shape index (κ2) is 6.26. The highest BCUT2D eigenvalue weighted by molar-refractivity contribution is 7.17. The molecule has 9 nitrogen and oxygen atoms in total. The number of aryl methyl sites for hydroxylation is 1. The lowest BCUT2D eigenvalue weighted by molar-refractivity contribution is -0.128. The van der Waals surface area contributed by atoms with Crippen LogP contribution in [-0.2, 0) is 9.59 Å². The van der Waals surface area contributed by atoms with Crippen molar-refractivity contribution in [2.24, 2.45) is 11.5 Å². The van der Waals surface area contributed by atoms with Crippen molar-refractivity contribution >= 4 is 29.1 Å². The van der Waals surface area contributed by atoms with Gasteiger partial charge in [-0.15, -0.1) is 11.3 Å². The molecule has 0 fully saturated rings. The number of carbonyl (C=O) groups excluding carboxylic acids is 3. The molecule has 0 unspecified atom stereocenters. The maximum absolute atomic E-state index is 12.1. The number of amides is 3. The highest BCUT2D eigenvalue weighted by atomic mass is 32.1. The molecule has 0 saturated heterocycles. The molecule has 0 aromatic carbocycles. The fraction of sp³-hybridized carbons (Fsp3) is 0.167. The molecule has 0 bridgehead atoms. The highest BCUT2D eigenvalue weighted by Crippen LogP contribution is 2.25. The summed E-state index contributed by atoms with van der Waals surface area (Å²) in [5.41, 5.74) is 10.4. The van der Waals surface area contributed by atoms with Gasteiger partial charge in [0.15, 0.2) is 16.9 Å². The average Bonchev–Trinajstić information content (AvgIpc) is 2.87. The van der Waals surface area contributed by atoms with E-state index in [0.717, 1.165) is 11.3 Å². The van der Waals surface area contributed by atoms with Crippen molar-refractivity contribution in [3.05, 3.63) is 29.0 Å². The minimum atomic E-state index is -1.58. The molecule has 114 valence electrons. The summed E-state index contributed by atoms with van der Waals surface area (Å²) < 4.78 is 0. The van der Waals surface area contributed by atoms with E-state index in [2.05, 4.69) is 20.3 Å². The lowest BCUT2D eigenvalue weighted by Gasteiger charge is -2.10. The molecule has 0 aliphatic rings. The second-order valence-corrected chi connectivity index (χ2v) is 5.22. The summed E-state index contributed by atoms with van der Waals surface area (Å²) in [6, 6.07) is 0.0764. The molecule has 10 heteroatoms. The Balaban J connectivity index is 2.26. The molecule has 2 aromatic heterocycles. The standard InChI is InChI=1S/C12H12N6O3S/c1-5-7(11(21)18-6(8(13)19)9(14)20)22-12(17-5)10-15-3-2-4-16-10/h2-4,6H,1H3,(H2,13,19)(H2,14,20)(H,18,21). The SMILES string of the molecule is Cc1nc(-c2ncccn2)sc1C(=O)NC(C(N)=O)C(N)=O. The summed E-state index contributed by atoms with van der Waals surface area (Å²) >= 11 is 1.03. The van der Waals surface area contributed by atoms with Crippen LogP contribution in [0.1, 0.15) is 15.4 Å². The molecule has 22 heavy (non-hydrogen) atoms. The topological polar surface area (TPSA) is 154 Å². The van der Waals surface area contributed by atoms with Gasteiger partial charge < -0.3 is 16.8 Å². The maximum atomic E-state index is 12.1. The predicted octanol–water partition coefficient (Wildman–Crippen LogP) is -1.02. The minimum Gasteiger partial charge on any atom is -0.367 e. The summed E-state index contributed by atoms with van der Waals surface area (Å²) in [6.45, 7) is 1.61. The van der Waals surface area contributed by atoms with Gasteiger partial charge >= 0.3 is 0 Å². The minimum absolute atomic E-state index is 0.218. The fourth-order valence-corrected chi connectivity index (χ4v) is 2.51. The Morgan fingerprint density at radius 1 is 1.18 bits per heavy atom. The van der Waals surface area contributed by atoms with Gasteiger partial charge in [0, 0.05) is 12.4 Å². The first-order valence-corrected chi connectivity index (χ1v) is 6.86. The number of thiazole rings is 1. The number of primary amides is 2. The first-order chi connectivity index (χ1) is 10.4. The maximum Gasteiger partial charge on any atom is 0.264 e. The molecule has 5 N–H and O–H groups in total. The summed E-state index contributed by atoms with van der Waals surface area (Å²) in [5.74, 6) is -2.36. The van der Waals surface area contributed by atoms with E-state index in [9.17, 15) is 14.4 Å². The van der Waals surface area contributed by atoms with Crippen LogP contribution in [0.5, 0.6) is 0 Å². The fourth-order valence-electron chi connectivity index (χ4n) is 1.59. The number of nitrogens with two attached hydrogens (primary N) is 2. The Morgan fingerprint density at radius 2 is 1.77 bits per heavy atom. The Bertz CT molecular complexity index is 716. The van der Waals surface area contributed by atoms with E-state index in [4.69, 9.17) is 11.5 Å². The van der Waals surface area contributed by atoms with E-state index < -0.39 is 23.8 Å². The Morgan fingerprint density at radius 3 is 2.32 bits per heavy atom. The first-order valence-electron chi connectivity index (χ1n) is 6.04. The molecule has 0 aliphatic carbocycles. The van der Waals surface area contributed by atoms with E-state index in [1.165, 1.54) is 0 Å². The van der Waals surface area contributed by atoms with Crippen LogP contribution in [0.15, 0.2) is 18.5 Å². The quantitative estimate of drug-likeness (QED) is 0.599. The summed E-state index contributed by atoms with van der Waals surface area (Å²) in [7, 11) is 0. The molecule has 2 rings (SSSR count). The zero-order valence-corrected chi connectivity index (χ0v) is 12.3. The van der Waals surface area contributed by atoms with E-state index in [-0.39, 0.29) is 4.88 Å². The van der Waals surface area contributed by atoms with Gasteiger partial charge in [0.05, 0.1) is 5.69 Å². The van der Waals surface area contributed by atoms with Crippen molar-refractivity contribution in [1.29, 1.82) is 0 Å². The third-order valence-corrected chi connectivity index (χ3v) is 3.76. The molecular formula is C12H12N6O3S. The summed E-state index contributed by atoms with van der Waals surface area (Å²) in [5, 5.41) is 2.62. The van der Waals surface area contributed by atoms with E-state index in [0.29, 0.717) is 16.5 Å². The van der Waals surface area contributed by atoms with Crippen LogP contribution in [-0.4, -0.2) is 38.7 Å². The van der Waals surface area contributed by atoms with Gasteiger partial charge in [-0.3, -0.25) is 14.4 Å². The molecule has 0 spiro atoms. The number of nitrogens with one attached hydrogen (secondary N) is 1. The largest absolute Gasteiger partial charge is 0.367 e. The van der Waals surface area contributed by atoms with Crippen molar-refractivity contribution in [3.8, 4) is 10.8 Å². The van der Waals surface area contributed by atoms with Crippen LogP contribution in [0.3, 0.4) is 0 Å². The molecule has 0 atom stereocenters. The van der Waals surface area contributed by atoms with Crippen LogP contribution in [0, 0.1) is 6.92 Å². The Kier molecular flexibility index (Phi) is 4.41. The molecule has 2 heterocycles. The highest BCUT2D eigenvalue weighted by Gasteiger charge is 2.26. The van der Waals surface area contributed by atoms with Crippen molar-refractivity contribution in [2.45, 2.75) is 13.0 Å². The van der Waals surface area contributed by atoms with Gasteiger partial charge in [-0.05, 0) is 13.0 Å². The van der Waals surface area contributed by atoms with Crippen molar-refractivity contribution in [1.82, 2.24) is 20.3 Å². The second-order valence-electron chi connectivity index (χ2n) is 4.22. The number of hydrogen-bond acceptors (Lipinski definition) is 7. The van der Waals surface area contributed by atoms with Gasteiger partial charge in [0.1, 0.15) is 4.88 Å². The number of nitrogens with zero attached hydrogens (tertiary/aromatic N) is 3. The summed E-state index contributed by atoms with van der Waals surface area (Å²) in [4.78, 5) is 46.8. The van der Waals surface area contributed by atoms with Gasteiger partial charge in [0.2, 0.25) is 11.8 Å². The zero-order chi connectivity index (χ0) is 16.3. The number of hydrogen-bond donors (Lipinski definition) is 3. The summed E-state index contributed by atoms with van der Waals surface area (Å²) in [6.07, 6.45) is 3.10. The smallest absolute Gasteiger partial charge is 0.264 e. The van der Waals surface area contributed by atoms with E-state index in [1.54, 1.807) is 25.4 Å². The van der Waals surface area contributed by atoms with Gasteiger partial charge in [-0.2, -0.15) is 0 Å². The van der Waals surface area contributed by atoms with Crippen molar-refractivity contribution < 1.29 is 14.4 Å². The number of aromatic nitrogens is 3. The molecule has 2 aromatic rings. The van der Waals surface area contributed by atoms with Crippen LogP contribution in [0.4, 0.5) is 0 Å². The van der Waals surface area contributed by atoms with Crippen molar-refractivity contribution in [2.75, 3.05) is 0 Å². The van der Waals surface area contributed by atoms with Gasteiger partial charge in [0.25, 0.3) is 5.91 Å². The van der Waals surface area contributed by atoms with E-state index in [1.807, 2.05) is 0 Å². The zero-order valence-electron chi connectivity index (χ0n) is 11.4. The lowest BCUT2D eigenvalue weighted by atomic mass is 10.2. The third kappa shape index (κ3) is 3.23. The van der Waals surface area contributed by atoms with Crippen LogP contribution in [0.2, 0.25) is 0 Å². The Hall–Kier alpha value is -2.88. The third-order valence-electron chi connectivity index (χ3n) is 2.60. The van der Waals surface area contributed by atoms with Crippen molar-refractivity contribution in [3.63, 3.8) is 0 Å². The van der Waals surface area contributed by atoms with Gasteiger partial charge in [-0.1, -0.05) is 0 Å². The Labute approximate surface area is 128 Å². The molecule has 0 radical (unpaired) electrons. The monoisotopic (exact) mass is 320 g/mol. The van der Waals surface area contributed by atoms with Crippen LogP contribution >= 0.6 is 11.3 Å². The normalized spacial score (nSPS) is 10.5. The van der Waals surface area contributed by atoms with Crippen LogP contribution in [0.25, 0.3) is 10.8 Å². The van der Waals surface area contributed by atoms with E-state index >= 15 is 0 Å². The molecule has 0 aliphatic heterocycles. The number of rotatable bonds is 5. The van der Waals surface area contributed by atoms with Crippen LogP contribution < -0.4 is 16.8 Å². The predicted molar refractivity (Wildman–Crippen MR) is 77.5 cm³/mol. The lowest BCUT2D eigenvalue weighted by Crippen LogP contribution is -2.52. The van der Waals surface area contributed by atoms with Gasteiger partial charge in [-0.25, -0.2) is 15.0 Å². The molecule has 0 saturated carbocycles. The average molecular weight is 320 g/mol. The first kappa shape index (κ1) is 15.5. The molecular weight excluding hydrogens is 308 g/mol. The number of carbonyl (C=O) groups is 3.